The summed E-state index contributed by atoms with van der Waals surface area (Å²) < 4.78 is 12.4. The van der Waals surface area contributed by atoms with E-state index in [1.807, 2.05) is 0 Å². The molecule has 0 saturated heterocycles. The van der Waals surface area contributed by atoms with Gasteiger partial charge in [-0.15, -0.1) is 0 Å². The van der Waals surface area contributed by atoms with Crippen LogP contribution in [-0.4, -0.2) is 39.7 Å². The Bertz CT molecular complexity index is 393. The Kier molecular flexibility index (Phi) is 3.90. The van der Waals surface area contributed by atoms with E-state index in [0.717, 1.165) is 12.3 Å². The minimum absolute atomic E-state index is 0.0824. The van der Waals surface area contributed by atoms with Crippen molar-refractivity contribution in [2.45, 2.75) is 6.10 Å². The third kappa shape index (κ3) is 3.28. The van der Waals surface area contributed by atoms with Crippen molar-refractivity contribution in [1.82, 2.24) is 10.3 Å². The summed E-state index contributed by atoms with van der Waals surface area (Å²) in [6.07, 6.45) is -0.657. The average Bonchev–Trinajstić information content (AvgIpc) is 2.26. The fraction of sp³-hybridized carbons (Fsp3) is 0.222. The highest BCUT2D eigenvalue weighted by atomic mass is 19.1. The number of aliphatic hydroxyl groups is 1. The summed E-state index contributed by atoms with van der Waals surface area (Å²) in [6.45, 7) is -0.425. The lowest BCUT2D eigenvalue weighted by molar-refractivity contribution is -0.146. The molecule has 0 aromatic carbocycles. The topological polar surface area (TPSA) is 99.5 Å². The maximum atomic E-state index is 12.4. The number of nitrogens with zero attached hydrogens (tertiary/aromatic N) is 1. The number of halogens is 1. The number of pyridine rings is 1. The van der Waals surface area contributed by atoms with Gasteiger partial charge >= 0.3 is 5.97 Å². The smallest absolute Gasteiger partial charge is 0.334 e. The molecule has 0 saturated carbocycles. The van der Waals surface area contributed by atoms with Gasteiger partial charge < -0.3 is 15.5 Å². The molecule has 6 nitrogen and oxygen atoms in total. The molecule has 0 radical (unpaired) electrons. The number of rotatable bonds is 4. The van der Waals surface area contributed by atoms with Gasteiger partial charge in [-0.3, -0.25) is 4.79 Å². The van der Waals surface area contributed by atoms with Crippen LogP contribution in [0.5, 0.6) is 0 Å². The number of carbonyl (C=O) groups is 2. The Morgan fingerprint density at radius 1 is 1.50 bits per heavy atom. The van der Waals surface area contributed by atoms with E-state index < -0.39 is 30.5 Å². The predicted molar refractivity (Wildman–Crippen MR) is 50.2 cm³/mol. The van der Waals surface area contributed by atoms with E-state index >= 15 is 0 Å². The first-order chi connectivity index (χ1) is 7.50. The Labute approximate surface area is 89.7 Å². The van der Waals surface area contributed by atoms with Crippen molar-refractivity contribution < 1.29 is 24.2 Å². The molecule has 0 bridgehead atoms. The Morgan fingerprint density at radius 2 is 2.19 bits per heavy atom. The molecule has 86 valence electrons. The summed E-state index contributed by atoms with van der Waals surface area (Å²) in [5.41, 5.74) is 0.0824. The predicted octanol–water partition coefficient (Wildman–Crippen LogP) is -0.604. The minimum Gasteiger partial charge on any atom is -0.479 e. The van der Waals surface area contributed by atoms with Crippen LogP contribution >= 0.6 is 0 Å². The molecule has 16 heavy (non-hydrogen) atoms. The van der Waals surface area contributed by atoms with Gasteiger partial charge in [-0.25, -0.2) is 9.78 Å². The lowest BCUT2D eigenvalue weighted by atomic mass is 10.2. The first-order valence-electron chi connectivity index (χ1n) is 4.31. The summed E-state index contributed by atoms with van der Waals surface area (Å²) in [6, 6.07) is 2.20. The van der Waals surface area contributed by atoms with E-state index in [1.54, 1.807) is 0 Å². The molecule has 1 heterocycles. The normalized spacial score (nSPS) is 11.9. The second-order valence-corrected chi connectivity index (χ2v) is 2.93. The van der Waals surface area contributed by atoms with E-state index in [2.05, 4.69) is 10.3 Å². The van der Waals surface area contributed by atoms with Crippen LogP contribution in [0.4, 0.5) is 4.39 Å². The molecule has 0 spiro atoms. The zero-order valence-electron chi connectivity index (χ0n) is 8.05. The molecular weight excluding hydrogens is 219 g/mol. The Morgan fingerprint density at radius 3 is 2.69 bits per heavy atom. The monoisotopic (exact) mass is 228 g/mol. The second kappa shape index (κ2) is 5.17. The van der Waals surface area contributed by atoms with Gasteiger partial charge in [-0.1, -0.05) is 0 Å². The fourth-order valence-electron chi connectivity index (χ4n) is 0.889. The van der Waals surface area contributed by atoms with E-state index in [0.29, 0.717) is 0 Å². The van der Waals surface area contributed by atoms with Crippen molar-refractivity contribution in [3.63, 3.8) is 0 Å². The molecule has 1 aromatic rings. The van der Waals surface area contributed by atoms with Crippen molar-refractivity contribution in [2.24, 2.45) is 0 Å². The maximum absolute atomic E-state index is 12.4. The van der Waals surface area contributed by atoms with E-state index in [9.17, 15) is 14.0 Å². The quantitative estimate of drug-likeness (QED) is 0.597. The van der Waals surface area contributed by atoms with Gasteiger partial charge in [0.05, 0.1) is 12.1 Å². The number of carboxylic acids is 1. The molecule has 0 aliphatic carbocycles. The molecule has 1 aromatic heterocycles. The van der Waals surface area contributed by atoms with E-state index in [-0.39, 0.29) is 5.56 Å². The number of carbonyl (C=O) groups excluding carboxylic acids is 1. The number of aliphatic carboxylic acids is 1. The summed E-state index contributed by atoms with van der Waals surface area (Å²) in [4.78, 5) is 24.8. The number of nitrogens with one attached hydrogen (secondary N) is 1. The van der Waals surface area contributed by atoms with Gasteiger partial charge in [-0.2, -0.15) is 4.39 Å². The fourth-order valence-corrected chi connectivity index (χ4v) is 0.889. The third-order valence-electron chi connectivity index (χ3n) is 1.73. The Balaban J connectivity index is 2.53. The molecule has 1 amide bonds. The molecule has 0 aliphatic heterocycles. The van der Waals surface area contributed by atoms with Crippen molar-refractivity contribution in [1.29, 1.82) is 0 Å². The van der Waals surface area contributed by atoms with E-state index in [1.165, 1.54) is 6.07 Å². The summed E-state index contributed by atoms with van der Waals surface area (Å²) in [5.74, 6) is -2.78. The molecular formula is C9H9FN2O4. The third-order valence-corrected chi connectivity index (χ3v) is 1.73. The standard InChI is InChI=1S/C9H9FN2O4/c10-7-2-1-5(3-11-7)8(14)12-4-6(13)9(15)16/h1-3,6,13H,4H2,(H,12,14)(H,15,16)/t6-/m0/s1. The molecule has 0 fully saturated rings. The van der Waals surface area contributed by atoms with Crippen LogP contribution in [0.1, 0.15) is 10.4 Å². The van der Waals surface area contributed by atoms with Gasteiger partial charge in [0.25, 0.3) is 5.91 Å². The van der Waals surface area contributed by atoms with Gasteiger partial charge in [0.1, 0.15) is 0 Å². The first kappa shape index (κ1) is 12.1. The molecule has 7 heteroatoms. The van der Waals surface area contributed by atoms with Crippen molar-refractivity contribution in [2.75, 3.05) is 6.54 Å². The van der Waals surface area contributed by atoms with Gasteiger partial charge in [0, 0.05) is 6.20 Å². The van der Waals surface area contributed by atoms with Crippen LogP contribution in [-0.2, 0) is 4.79 Å². The largest absolute Gasteiger partial charge is 0.479 e. The Hall–Kier alpha value is -2.02. The highest BCUT2D eigenvalue weighted by molar-refractivity contribution is 5.94. The van der Waals surface area contributed by atoms with Crippen LogP contribution in [0.3, 0.4) is 0 Å². The van der Waals surface area contributed by atoms with Crippen molar-refractivity contribution in [3.05, 3.63) is 29.8 Å². The van der Waals surface area contributed by atoms with Gasteiger partial charge in [0.15, 0.2) is 6.10 Å². The van der Waals surface area contributed by atoms with Crippen molar-refractivity contribution in [3.8, 4) is 0 Å². The van der Waals surface area contributed by atoms with Crippen LogP contribution in [0.25, 0.3) is 0 Å². The van der Waals surface area contributed by atoms with Crippen LogP contribution in [0.2, 0.25) is 0 Å². The lowest BCUT2D eigenvalue weighted by Crippen LogP contribution is -2.36. The van der Waals surface area contributed by atoms with Crippen LogP contribution in [0, 0.1) is 5.95 Å². The molecule has 1 atom stereocenters. The minimum atomic E-state index is -1.67. The number of carboxylic acid groups (broad SMARTS) is 1. The number of aliphatic hydroxyl groups excluding tert-OH is 1. The number of amides is 1. The average molecular weight is 228 g/mol. The SMILES string of the molecule is O=C(NC[C@H](O)C(=O)O)c1ccc(F)nc1. The molecule has 0 aliphatic rings. The lowest BCUT2D eigenvalue weighted by Gasteiger charge is -2.07. The second-order valence-electron chi connectivity index (χ2n) is 2.93. The van der Waals surface area contributed by atoms with Gasteiger partial charge in [0.2, 0.25) is 5.95 Å². The zero-order chi connectivity index (χ0) is 12.1. The van der Waals surface area contributed by atoms with Crippen LogP contribution in [0.15, 0.2) is 18.3 Å². The van der Waals surface area contributed by atoms with Gasteiger partial charge in [-0.05, 0) is 12.1 Å². The summed E-state index contributed by atoms with van der Waals surface area (Å²) in [7, 11) is 0. The zero-order valence-corrected chi connectivity index (χ0v) is 8.05. The molecule has 3 N–H and O–H groups in total. The number of hydrogen-bond donors (Lipinski definition) is 3. The highest BCUT2D eigenvalue weighted by Gasteiger charge is 2.14. The first-order valence-corrected chi connectivity index (χ1v) is 4.31. The van der Waals surface area contributed by atoms with Crippen LogP contribution < -0.4 is 5.32 Å². The van der Waals surface area contributed by atoms with E-state index in [4.69, 9.17) is 10.2 Å². The maximum Gasteiger partial charge on any atom is 0.334 e. The summed E-state index contributed by atoms with van der Waals surface area (Å²) in [5, 5.41) is 19.4. The molecule has 1 rings (SSSR count). The highest BCUT2D eigenvalue weighted by Crippen LogP contribution is 1.98. The molecule has 0 unspecified atom stereocenters. The van der Waals surface area contributed by atoms with Crippen molar-refractivity contribution >= 4 is 11.9 Å². The number of aromatic nitrogens is 1. The number of hydrogen-bond acceptors (Lipinski definition) is 4. The summed E-state index contributed by atoms with van der Waals surface area (Å²) >= 11 is 0.